The topological polar surface area (TPSA) is 91.5 Å². The minimum absolute atomic E-state index is 0.182. The maximum absolute atomic E-state index is 11.6. The maximum Gasteiger partial charge on any atom is 0.327 e. The Morgan fingerprint density at radius 1 is 1.22 bits per heavy atom. The molecule has 6 nitrogen and oxygen atoms in total. The fraction of sp³-hybridized carbons (Fsp3) is 0.333. The summed E-state index contributed by atoms with van der Waals surface area (Å²) in [7, 11) is 0. The van der Waals surface area contributed by atoms with Gasteiger partial charge < -0.3 is 0 Å². The Balaban J connectivity index is 2.33. The van der Waals surface area contributed by atoms with E-state index in [4.69, 9.17) is 0 Å². The highest BCUT2D eigenvalue weighted by atomic mass is 16.2. The first-order valence-electron chi connectivity index (χ1n) is 5.90. The van der Waals surface area contributed by atoms with Crippen LogP contribution in [0.1, 0.15) is 31.2 Å². The minimum Gasteiger partial charge on any atom is -0.290 e. The van der Waals surface area contributed by atoms with Gasteiger partial charge in [-0.15, -0.1) is 0 Å². The third-order valence-electron chi connectivity index (χ3n) is 3.15. The predicted molar refractivity (Wildman–Crippen MR) is 67.4 cm³/mol. The van der Waals surface area contributed by atoms with Gasteiger partial charge in [-0.1, -0.05) is 12.5 Å². The highest BCUT2D eigenvalue weighted by Crippen LogP contribution is 2.23. The van der Waals surface area contributed by atoms with E-state index >= 15 is 0 Å². The maximum atomic E-state index is 11.6. The second-order valence-corrected chi connectivity index (χ2v) is 4.32. The van der Waals surface area contributed by atoms with Crippen molar-refractivity contribution in [2.24, 2.45) is 0 Å². The van der Waals surface area contributed by atoms with E-state index in [1.54, 1.807) is 0 Å². The summed E-state index contributed by atoms with van der Waals surface area (Å²) in [6, 6.07) is 0. The summed E-state index contributed by atoms with van der Waals surface area (Å²) < 4.78 is 0. The van der Waals surface area contributed by atoms with Crippen molar-refractivity contribution >= 4 is 17.2 Å². The number of allylic oxidation sites excluding steroid dienone is 1. The summed E-state index contributed by atoms with van der Waals surface area (Å²) in [6.07, 6.45) is 4.71. The fourth-order valence-corrected chi connectivity index (χ4v) is 2.15. The van der Waals surface area contributed by atoms with Crippen LogP contribution in [0.5, 0.6) is 0 Å². The van der Waals surface area contributed by atoms with Gasteiger partial charge in [-0.2, -0.15) is 0 Å². The van der Waals surface area contributed by atoms with Crippen LogP contribution >= 0.6 is 0 Å². The predicted octanol–water partition coefficient (Wildman–Crippen LogP) is 0.746. The van der Waals surface area contributed by atoms with Gasteiger partial charge in [0.25, 0.3) is 5.56 Å². The Kier molecular flexibility index (Phi) is 2.36. The van der Waals surface area contributed by atoms with Crippen molar-refractivity contribution in [1.29, 1.82) is 0 Å². The third kappa shape index (κ3) is 1.66. The second kappa shape index (κ2) is 3.90. The quantitative estimate of drug-likeness (QED) is 0.774. The Labute approximate surface area is 102 Å². The molecule has 0 radical (unpaired) electrons. The van der Waals surface area contributed by atoms with Gasteiger partial charge in [0.2, 0.25) is 0 Å². The molecular weight excluding hydrogens is 232 g/mol. The van der Waals surface area contributed by atoms with Crippen LogP contribution in [0.2, 0.25) is 0 Å². The van der Waals surface area contributed by atoms with E-state index in [2.05, 4.69) is 26.9 Å². The van der Waals surface area contributed by atoms with Crippen molar-refractivity contribution in [3.8, 4) is 0 Å². The molecule has 0 saturated carbocycles. The molecular formula is C12H12N4O2. The van der Waals surface area contributed by atoms with Crippen molar-refractivity contribution in [1.82, 2.24) is 19.9 Å². The molecule has 18 heavy (non-hydrogen) atoms. The lowest BCUT2D eigenvalue weighted by Gasteiger charge is -2.13. The molecule has 1 aliphatic carbocycles. The summed E-state index contributed by atoms with van der Waals surface area (Å²) >= 11 is 0. The molecule has 2 N–H and O–H groups in total. The molecule has 0 aliphatic heterocycles. The van der Waals surface area contributed by atoms with Gasteiger partial charge in [0, 0.05) is 0 Å². The molecule has 92 valence electrons. The molecule has 2 aromatic heterocycles. The zero-order chi connectivity index (χ0) is 12.7. The van der Waals surface area contributed by atoms with E-state index in [-0.39, 0.29) is 11.2 Å². The summed E-state index contributed by atoms with van der Waals surface area (Å²) in [6.45, 7) is 2.09. The normalized spacial score (nSPS) is 14.4. The first kappa shape index (κ1) is 10.9. The van der Waals surface area contributed by atoms with Crippen molar-refractivity contribution in [3.05, 3.63) is 37.8 Å². The van der Waals surface area contributed by atoms with Gasteiger partial charge >= 0.3 is 5.69 Å². The lowest BCUT2D eigenvalue weighted by Crippen LogP contribution is -2.24. The largest absolute Gasteiger partial charge is 0.327 e. The average molecular weight is 244 g/mol. The van der Waals surface area contributed by atoms with Crippen LogP contribution in [0.15, 0.2) is 15.2 Å². The van der Waals surface area contributed by atoms with Crippen molar-refractivity contribution in [2.75, 3.05) is 0 Å². The fourth-order valence-electron chi connectivity index (χ4n) is 2.15. The Hall–Kier alpha value is -2.24. The average Bonchev–Trinajstić information content (AvgIpc) is 2.36. The Morgan fingerprint density at radius 3 is 2.83 bits per heavy atom. The molecule has 2 heterocycles. The van der Waals surface area contributed by atoms with Crippen LogP contribution in [0, 0.1) is 0 Å². The Morgan fingerprint density at radius 2 is 2.06 bits per heavy atom. The third-order valence-corrected chi connectivity index (χ3v) is 3.15. The molecule has 0 bridgehead atoms. The number of hydrogen-bond acceptors (Lipinski definition) is 4. The van der Waals surface area contributed by atoms with Crippen LogP contribution in [0.3, 0.4) is 0 Å². The van der Waals surface area contributed by atoms with Crippen molar-refractivity contribution < 1.29 is 0 Å². The van der Waals surface area contributed by atoms with E-state index in [1.165, 1.54) is 5.57 Å². The van der Waals surface area contributed by atoms with Crippen LogP contribution in [-0.4, -0.2) is 19.9 Å². The van der Waals surface area contributed by atoms with E-state index in [9.17, 15) is 9.59 Å². The molecule has 0 spiro atoms. The van der Waals surface area contributed by atoms with Gasteiger partial charge in [0.05, 0.1) is 11.4 Å². The van der Waals surface area contributed by atoms with E-state index < -0.39 is 11.2 Å². The van der Waals surface area contributed by atoms with Crippen LogP contribution in [0.25, 0.3) is 17.2 Å². The highest BCUT2D eigenvalue weighted by molar-refractivity contribution is 5.71. The number of hydrogen-bond donors (Lipinski definition) is 2. The number of rotatable bonds is 1. The summed E-state index contributed by atoms with van der Waals surface area (Å²) in [4.78, 5) is 36.1. The van der Waals surface area contributed by atoms with Crippen molar-refractivity contribution in [2.45, 2.75) is 26.2 Å². The summed E-state index contributed by atoms with van der Waals surface area (Å²) in [5.74, 6) is 0. The lowest BCUT2D eigenvalue weighted by molar-refractivity contribution is 0.836. The first-order valence-corrected chi connectivity index (χ1v) is 5.90. The zero-order valence-electron chi connectivity index (χ0n) is 9.91. The number of nitrogens with zero attached hydrogens (tertiary/aromatic N) is 2. The Bertz CT molecular complexity index is 770. The molecule has 0 atom stereocenters. The molecule has 1 aliphatic rings. The van der Waals surface area contributed by atoms with Crippen molar-refractivity contribution in [3.63, 3.8) is 0 Å². The second-order valence-electron chi connectivity index (χ2n) is 4.32. The molecule has 2 aromatic rings. The van der Waals surface area contributed by atoms with Crippen LogP contribution in [-0.2, 0) is 6.42 Å². The smallest absolute Gasteiger partial charge is 0.290 e. The lowest BCUT2D eigenvalue weighted by atomic mass is 9.98. The number of nitrogens with one attached hydrogen (secondary N) is 2. The van der Waals surface area contributed by atoms with Crippen LogP contribution in [0.4, 0.5) is 0 Å². The highest BCUT2D eigenvalue weighted by Gasteiger charge is 2.15. The molecule has 0 aromatic carbocycles. The molecule has 0 saturated heterocycles. The number of aromatic nitrogens is 4. The van der Waals surface area contributed by atoms with Gasteiger partial charge in [-0.05, 0) is 25.3 Å². The van der Waals surface area contributed by atoms with E-state index in [0.29, 0.717) is 0 Å². The molecule has 3 rings (SSSR count). The summed E-state index contributed by atoms with van der Waals surface area (Å²) in [5.41, 5.74) is 2.27. The van der Waals surface area contributed by atoms with E-state index in [0.717, 1.165) is 30.7 Å². The molecule has 0 amide bonds. The monoisotopic (exact) mass is 244 g/mol. The number of fused-ring (bicyclic) bond motifs is 2. The zero-order valence-corrected chi connectivity index (χ0v) is 9.91. The van der Waals surface area contributed by atoms with Gasteiger partial charge in [-0.25, -0.2) is 14.8 Å². The van der Waals surface area contributed by atoms with Crippen LogP contribution < -0.4 is 11.2 Å². The summed E-state index contributed by atoms with van der Waals surface area (Å²) in [5, 5.41) is 0. The number of H-pyrrole nitrogens is 2. The first-order chi connectivity index (χ1) is 8.67. The minimum atomic E-state index is -0.553. The standard InChI is InChI=1S/C12H12N4O2/c1-2-6-3-4-7-8(5-6)13-9-10(14-7)15-12(18)16-11(9)17/h5H,2-4H2,1H3,(H2,14,15,16,17,18). The number of aryl methyl sites for hydroxylation is 1. The number of aromatic amines is 2. The molecule has 6 heteroatoms. The molecule has 0 unspecified atom stereocenters. The van der Waals surface area contributed by atoms with Gasteiger partial charge in [0.15, 0.2) is 11.2 Å². The van der Waals surface area contributed by atoms with E-state index in [1.807, 2.05) is 6.08 Å². The van der Waals surface area contributed by atoms with Gasteiger partial charge in [0.1, 0.15) is 0 Å². The molecule has 0 fully saturated rings. The van der Waals surface area contributed by atoms with Gasteiger partial charge in [-0.3, -0.25) is 14.8 Å². The SMILES string of the molecule is CCC1=Cc2nc3c(=O)[nH]c(=O)[nH]c3nc2CC1.